The van der Waals surface area contributed by atoms with Gasteiger partial charge in [-0.05, 0) is 75.1 Å². The molecule has 1 aromatic heterocycles. The van der Waals surface area contributed by atoms with Crippen molar-refractivity contribution >= 4 is 27.7 Å². The lowest BCUT2D eigenvalue weighted by Gasteiger charge is -2.35. The molecule has 3 aromatic rings. The van der Waals surface area contributed by atoms with Crippen LogP contribution in [0.15, 0.2) is 53.6 Å². The Kier molecular flexibility index (Phi) is 8.38. The third kappa shape index (κ3) is 5.97. The van der Waals surface area contributed by atoms with Crippen molar-refractivity contribution in [3.05, 3.63) is 81.9 Å². The molecule has 0 radical (unpaired) electrons. The van der Waals surface area contributed by atoms with E-state index in [1.165, 1.54) is 5.32 Å². The highest BCUT2D eigenvalue weighted by Gasteiger charge is 2.49. The molecule has 4 rings (SSSR count). The van der Waals surface area contributed by atoms with Crippen molar-refractivity contribution in [2.45, 2.75) is 64.4 Å². The van der Waals surface area contributed by atoms with Crippen LogP contribution < -0.4 is 14.8 Å². The molecular weight excluding hydrogens is 573 g/mol. The number of amides is 2. The van der Waals surface area contributed by atoms with Crippen molar-refractivity contribution in [3.8, 4) is 5.75 Å². The lowest BCUT2D eigenvalue weighted by molar-refractivity contribution is -0.167. The first kappa shape index (κ1) is 31.0. The SMILES string of the molecule is CCOc1cccc2c1CN(Cc1c(C)cc(C)cc1C)C2(C)C(=O)NS(=O)(=O)c1cccc(NC(=O)C(F)(F)F)n1.[HH]. The van der Waals surface area contributed by atoms with Gasteiger partial charge in [0, 0.05) is 20.1 Å². The van der Waals surface area contributed by atoms with E-state index in [2.05, 4.69) is 9.71 Å². The van der Waals surface area contributed by atoms with Gasteiger partial charge >= 0.3 is 12.1 Å². The molecule has 42 heavy (non-hydrogen) atoms. The van der Waals surface area contributed by atoms with E-state index >= 15 is 0 Å². The highest BCUT2D eigenvalue weighted by Crippen LogP contribution is 2.44. The molecule has 0 fully saturated rings. The van der Waals surface area contributed by atoms with Crippen LogP contribution in [0.5, 0.6) is 5.75 Å². The first-order valence-corrected chi connectivity index (χ1v) is 14.6. The van der Waals surface area contributed by atoms with E-state index in [1.54, 1.807) is 25.1 Å². The van der Waals surface area contributed by atoms with E-state index in [0.29, 0.717) is 31.0 Å². The first-order chi connectivity index (χ1) is 19.6. The summed E-state index contributed by atoms with van der Waals surface area (Å²) in [6.07, 6.45) is -5.20. The Labute approximate surface area is 243 Å². The van der Waals surface area contributed by atoms with Crippen molar-refractivity contribution in [1.29, 1.82) is 0 Å². The van der Waals surface area contributed by atoms with Crippen molar-refractivity contribution in [2.75, 3.05) is 11.9 Å². The normalized spacial score (nSPS) is 17.0. The van der Waals surface area contributed by atoms with Gasteiger partial charge in [0.05, 0.1) is 6.61 Å². The number of carbonyl (C=O) groups is 2. The second kappa shape index (κ2) is 11.4. The molecule has 9 nitrogen and oxygen atoms in total. The Bertz CT molecular complexity index is 1640. The summed E-state index contributed by atoms with van der Waals surface area (Å²) in [6, 6.07) is 12.4. The number of anilines is 1. The maximum atomic E-state index is 14.0. The first-order valence-electron chi connectivity index (χ1n) is 13.1. The van der Waals surface area contributed by atoms with Crippen LogP contribution in [0.4, 0.5) is 19.0 Å². The van der Waals surface area contributed by atoms with Gasteiger partial charge in [0.1, 0.15) is 17.1 Å². The van der Waals surface area contributed by atoms with Crippen LogP contribution >= 0.6 is 0 Å². The van der Waals surface area contributed by atoms with Crippen molar-refractivity contribution in [3.63, 3.8) is 0 Å². The number of fused-ring (bicyclic) bond motifs is 1. The van der Waals surface area contributed by atoms with E-state index in [9.17, 15) is 31.2 Å². The van der Waals surface area contributed by atoms with E-state index in [1.807, 2.05) is 44.7 Å². The maximum Gasteiger partial charge on any atom is 0.471 e. The van der Waals surface area contributed by atoms with E-state index in [0.717, 1.165) is 46.0 Å². The van der Waals surface area contributed by atoms with Crippen LogP contribution in [-0.4, -0.2) is 42.9 Å². The van der Waals surface area contributed by atoms with Gasteiger partial charge in [0.15, 0.2) is 5.03 Å². The van der Waals surface area contributed by atoms with E-state index < -0.39 is 44.4 Å². The molecule has 1 aliphatic heterocycles. The summed E-state index contributed by atoms with van der Waals surface area (Å²) in [5, 5.41) is 0.778. The molecule has 0 saturated heterocycles. The second-order valence-electron chi connectivity index (χ2n) is 10.3. The zero-order valence-corrected chi connectivity index (χ0v) is 24.5. The number of benzene rings is 2. The summed E-state index contributed by atoms with van der Waals surface area (Å²) in [5.41, 5.74) is 3.93. The number of ether oxygens (including phenoxy) is 1. The Balaban J connectivity index is 0.00000506. The average Bonchev–Trinajstić information content (AvgIpc) is 3.19. The molecule has 2 amide bonds. The lowest BCUT2D eigenvalue weighted by Crippen LogP contribution is -2.52. The minimum atomic E-state index is -5.20. The Morgan fingerprint density at radius 2 is 1.74 bits per heavy atom. The molecule has 2 heterocycles. The van der Waals surface area contributed by atoms with Gasteiger partial charge in [-0.15, -0.1) is 0 Å². The number of rotatable bonds is 8. The Morgan fingerprint density at radius 1 is 1.10 bits per heavy atom. The van der Waals surface area contributed by atoms with Crippen LogP contribution in [0, 0.1) is 20.8 Å². The molecule has 226 valence electrons. The molecule has 13 heteroatoms. The summed E-state index contributed by atoms with van der Waals surface area (Å²) in [6.45, 7) is 10.4. The molecule has 2 N–H and O–H groups in total. The average molecular weight is 607 g/mol. The summed E-state index contributed by atoms with van der Waals surface area (Å²) in [5.74, 6) is -3.26. The number of hydrogen-bond acceptors (Lipinski definition) is 7. The van der Waals surface area contributed by atoms with Crippen LogP contribution in [0.2, 0.25) is 0 Å². The summed E-state index contributed by atoms with van der Waals surface area (Å²) in [7, 11) is -4.67. The number of nitrogens with zero attached hydrogens (tertiary/aromatic N) is 2. The summed E-state index contributed by atoms with van der Waals surface area (Å²) < 4.78 is 72.5. The third-order valence-electron chi connectivity index (χ3n) is 7.30. The summed E-state index contributed by atoms with van der Waals surface area (Å²) >= 11 is 0. The van der Waals surface area contributed by atoms with Gasteiger partial charge in [-0.2, -0.15) is 21.6 Å². The molecule has 0 spiro atoms. The van der Waals surface area contributed by atoms with Gasteiger partial charge in [0.25, 0.3) is 15.9 Å². The fourth-order valence-electron chi connectivity index (χ4n) is 5.22. The zero-order valence-electron chi connectivity index (χ0n) is 23.7. The number of alkyl halides is 3. The third-order valence-corrected chi connectivity index (χ3v) is 8.53. The molecule has 1 atom stereocenters. The van der Waals surface area contributed by atoms with Gasteiger partial charge in [0.2, 0.25) is 0 Å². The van der Waals surface area contributed by atoms with Crippen LogP contribution in [0.25, 0.3) is 0 Å². The van der Waals surface area contributed by atoms with Gasteiger partial charge in [-0.3, -0.25) is 14.5 Å². The maximum absolute atomic E-state index is 14.0. The van der Waals surface area contributed by atoms with E-state index in [4.69, 9.17) is 4.74 Å². The number of sulfonamides is 1. The van der Waals surface area contributed by atoms with Gasteiger partial charge in [-0.1, -0.05) is 35.9 Å². The Hall–Kier alpha value is -3.97. The number of nitrogens with one attached hydrogen (secondary N) is 2. The predicted octanol–water partition coefficient (Wildman–Crippen LogP) is 4.89. The van der Waals surface area contributed by atoms with Gasteiger partial charge in [-0.25, -0.2) is 9.71 Å². The fraction of sp³-hybridized carbons (Fsp3) is 0.345. The number of aryl methyl sites for hydroxylation is 3. The topological polar surface area (TPSA) is 118 Å². The number of hydrogen-bond donors (Lipinski definition) is 2. The number of aromatic nitrogens is 1. The van der Waals surface area contributed by atoms with Crippen molar-refractivity contribution in [2.24, 2.45) is 0 Å². The minimum absolute atomic E-state index is 0. The molecule has 2 aromatic carbocycles. The summed E-state index contributed by atoms with van der Waals surface area (Å²) in [4.78, 5) is 30.8. The minimum Gasteiger partial charge on any atom is -0.494 e. The molecule has 1 aliphatic rings. The number of pyridine rings is 1. The molecular formula is C29H33F3N4O5S. The van der Waals surface area contributed by atoms with Crippen LogP contribution in [0.1, 0.15) is 48.7 Å². The number of carbonyl (C=O) groups excluding carboxylic acids is 2. The van der Waals surface area contributed by atoms with Crippen LogP contribution in [0.3, 0.4) is 0 Å². The van der Waals surface area contributed by atoms with Crippen LogP contribution in [-0.2, 0) is 38.2 Å². The monoisotopic (exact) mass is 606 g/mol. The largest absolute Gasteiger partial charge is 0.494 e. The molecule has 0 saturated carbocycles. The molecule has 0 aliphatic carbocycles. The highest BCUT2D eigenvalue weighted by molar-refractivity contribution is 7.90. The quantitative estimate of drug-likeness (QED) is 0.375. The smallest absolute Gasteiger partial charge is 0.471 e. The fourth-order valence-corrected chi connectivity index (χ4v) is 6.24. The van der Waals surface area contributed by atoms with Crippen molar-refractivity contribution in [1.82, 2.24) is 14.6 Å². The standard InChI is InChI=1S/C29H31F3N4O5S.H2/c1-6-41-23-10-7-9-22-21(23)16-36(15-20-18(3)13-17(2)14-19(20)4)28(22,5)26(37)35-42(39,40)25-12-8-11-24(33-25)34-27(38)29(30,31)32;/h7-14H,6,15-16H2,1-5H3,(H,35,37)(H,33,34,38);1H. The zero-order chi connectivity index (χ0) is 31.0. The lowest BCUT2D eigenvalue weighted by atomic mass is 9.89. The Morgan fingerprint density at radius 3 is 2.36 bits per heavy atom. The second-order valence-corrected chi connectivity index (χ2v) is 11.9. The highest BCUT2D eigenvalue weighted by atomic mass is 32.2. The molecule has 0 bridgehead atoms. The van der Waals surface area contributed by atoms with Crippen molar-refractivity contribution < 1.29 is 37.3 Å². The van der Waals surface area contributed by atoms with E-state index in [-0.39, 0.29) is 1.43 Å². The van der Waals surface area contributed by atoms with Gasteiger partial charge < -0.3 is 10.1 Å². The molecule has 1 unspecified atom stereocenters. The number of halogens is 3. The predicted molar refractivity (Wildman–Crippen MR) is 151 cm³/mol.